The molecule has 0 aliphatic carbocycles. The van der Waals surface area contributed by atoms with E-state index in [4.69, 9.17) is 9.47 Å². The van der Waals surface area contributed by atoms with Crippen LogP contribution in [0.1, 0.15) is 20.7 Å². The lowest BCUT2D eigenvalue weighted by Gasteiger charge is -2.29. The van der Waals surface area contributed by atoms with Crippen LogP contribution >= 0.6 is 0 Å². The molecule has 3 heterocycles. The van der Waals surface area contributed by atoms with Crippen molar-refractivity contribution in [1.29, 1.82) is 0 Å². The van der Waals surface area contributed by atoms with Crippen molar-refractivity contribution < 1.29 is 23.9 Å². The second-order valence-corrected chi connectivity index (χ2v) is 7.50. The van der Waals surface area contributed by atoms with Gasteiger partial charge in [0.05, 0.1) is 37.4 Å². The zero-order valence-electron chi connectivity index (χ0n) is 16.3. The lowest BCUT2D eigenvalue weighted by Crippen LogP contribution is -2.38. The van der Waals surface area contributed by atoms with Gasteiger partial charge in [-0.05, 0) is 36.4 Å². The molecule has 0 saturated carbocycles. The van der Waals surface area contributed by atoms with Gasteiger partial charge >= 0.3 is 6.09 Å². The Kier molecular flexibility index (Phi) is 4.63. The van der Waals surface area contributed by atoms with Crippen LogP contribution in [0.4, 0.5) is 16.2 Å². The molecule has 8 heteroatoms. The summed E-state index contributed by atoms with van der Waals surface area (Å²) in [6.45, 7) is 3.42. The molecular weight excluding hydrogens is 386 g/mol. The molecule has 30 heavy (non-hydrogen) atoms. The Hall–Kier alpha value is -3.39. The number of fused-ring (bicyclic) bond motifs is 1. The average Bonchev–Trinajstić information content (AvgIpc) is 3.27. The van der Waals surface area contributed by atoms with Crippen molar-refractivity contribution in [2.45, 2.75) is 6.10 Å². The Bertz CT molecular complexity index is 965. The standard InChI is InChI=1S/C22H21N3O5/c26-20-18-3-1-2-4-19(18)21(27)25(20)14-17-13-24(22(28)30-17)16-7-5-15(6-8-16)23-9-11-29-12-10-23/h1-8,17H,9-14H2/t17-/m1/s1. The molecule has 2 aromatic rings. The number of benzene rings is 2. The van der Waals surface area contributed by atoms with Crippen LogP contribution in [0.25, 0.3) is 0 Å². The van der Waals surface area contributed by atoms with Crippen LogP contribution in [0.5, 0.6) is 0 Å². The fourth-order valence-corrected chi connectivity index (χ4v) is 4.10. The van der Waals surface area contributed by atoms with Gasteiger partial charge in [-0.3, -0.25) is 19.4 Å². The lowest BCUT2D eigenvalue weighted by molar-refractivity contribution is 0.0558. The number of carbonyl (C=O) groups is 3. The van der Waals surface area contributed by atoms with Crippen LogP contribution in [-0.4, -0.2) is 68.3 Å². The Morgan fingerprint density at radius 3 is 2.07 bits per heavy atom. The van der Waals surface area contributed by atoms with E-state index in [-0.39, 0.29) is 24.9 Å². The van der Waals surface area contributed by atoms with Crippen molar-refractivity contribution in [3.8, 4) is 0 Å². The summed E-state index contributed by atoms with van der Waals surface area (Å²) in [4.78, 5) is 42.5. The van der Waals surface area contributed by atoms with Gasteiger partial charge in [-0.15, -0.1) is 0 Å². The monoisotopic (exact) mass is 407 g/mol. The first kappa shape index (κ1) is 18.6. The molecule has 0 radical (unpaired) electrons. The highest BCUT2D eigenvalue weighted by atomic mass is 16.6. The first-order valence-corrected chi connectivity index (χ1v) is 9.98. The zero-order chi connectivity index (χ0) is 20.7. The normalized spacial score (nSPS) is 21.3. The van der Waals surface area contributed by atoms with Gasteiger partial charge in [-0.25, -0.2) is 4.79 Å². The highest BCUT2D eigenvalue weighted by molar-refractivity contribution is 6.21. The number of amides is 3. The van der Waals surface area contributed by atoms with E-state index in [2.05, 4.69) is 4.90 Å². The predicted molar refractivity (Wildman–Crippen MR) is 109 cm³/mol. The van der Waals surface area contributed by atoms with Crippen LogP contribution in [0.3, 0.4) is 0 Å². The van der Waals surface area contributed by atoms with Crippen LogP contribution in [0.2, 0.25) is 0 Å². The third kappa shape index (κ3) is 3.19. The number of cyclic esters (lactones) is 1. The number of rotatable bonds is 4. The number of hydrogen-bond acceptors (Lipinski definition) is 6. The molecule has 3 aliphatic heterocycles. The summed E-state index contributed by atoms with van der Waals surface area (Å²) >= 11 is 0. The molecule has 0 spiro atoms. The third-order valence-electron chi connectivity index (χ3n) is 5.68. The van der Waals surface area contributed by atoms with Gasteiger partial charge in [-0.1, -0.05) is 12.1 Å². The number of imide groups is 1. The van der Waals surface area contributed by atoms with Crippen molar-refractivity contribution in [3.05, 3.63) is 59.7 Å². The van der Waals surface area contributed by atoms with E-state index in [0.29, 0.717) is 24.3 Å². The van der Waals surface area contributed by atoms with Crippen molar-refractivity contribution in [1.82, 2.24) is 4.90 Å². The largest absolute Gasteiger partial charge is 0.442 e. The maximum atomic E-state index is 12.6. The van der Waals surface area contributed by atoms with Crippen molar-refractivity contribution in [3.63, 3.8) is 0 Å². The Labute approximate surface area is 173 Å². The van der Waals surface area contributed by atoms with Crippen molar-refractivity contribution in [2.24, 2.45) is 0 Å². The summed E-state index contributed by atoms with van der Waals surface area (Å²) in [5.41, 5.74) is 2.59. The smallest absolute Gasteiger partial charge is 0.414 e. The molecule has 1 atom stereocenters. The number of nitrogens with zero attached hydrogens (tertiary/aromatic N) is 3. The number of carbonyl (C=O) groups excluding carboxylic acids is 3. The quantitative estimate of drug-likeness (QED) is 0.723. The van der Waals surface area contributed by atoms with E-state index >= 15 is 0 Å². The fourth-order valence-electron chi connectivity index (χ4n) is 4.10. The Balaban J connectivity index is 1.26. The van der Waals surface area contributed by atoms with Crippen LogP contribution in [0.15, 0.2) is 48.5 Å². The van der Waals surface area contributed by atoms with Gasteiger partial charge < -0.3 is 14.4 Å². The molecule has 0 bridgehead atoms. The summed E-state index contributed by atoms with van der Waals surface area (Å²) in [5.74, 6) is -0.695. The van der Waals surface area contributed by atoms with Gasteiger partial charge in [0.25, 0.3) is 11.8 Å². The maximum absolute atomic E-state index is 12.6. The molecular formula is C22H21N3O5. The van der Waals surface area contributed by atoms with Gasteiger partial charge in [0.1, 0.15) is 6.10 Å². The van der Waals surface area contributed by atoms with Crippen molar-refractivity contribution in [2.75, 3.05) is 49.2 Å². The lowest BCUT2D eigenvalue weighted by atomic mass is 10.1. The minimum absolute atomic E-state index is 0.0421. The van der Waals surface area contributed by atoms with E-state index in [1.54, 1.807) is 24.3 Å². The first-order valence-electron chi connectivity index (χ1n) is 9.98. The fraction of sp³-hybridized carbons (Fsp3) is 0.318. The molecule has 0 N–H and O–H groups in total. The summed E-state index contributed by atoms with van der Waals surface area (Å²) < 4.78 is 10.8. The van der Waals surface area contributed by atoms with E-state index in [9.17, 15) is 14.4 Å². The molecule has 2 saturated heterocycles. The third-order valence-corrected chi connectivity index (χ3v) is 5.68. The van der Waals surface area contributed by atoms with Crippen molar-refractivity contribution >= 4 is 29.3 Å². The second-order valence-electron chi connectivity index (χ2n) is 7.50. The zero-order valence-corrected chi connectivity index (χ0v) is 16.3. The van der Waals surface area contributed by atoms with Gasteiger partial charge in [0, 0.05) is 24.5 Å². The van der Waals surface area contributed by atoms with Gasteiger partial charge in [0.15, 0.2) is 0 Å². The molecule has 3 amide bonds. The summed E-state index contributed by atoms with van der Waals surface area (Å²) in [7, 11) is 0. The highest BCUT2D eigenvalue weighted by Crippen LogP contribution is 2.28. The van der Waals surface area contributed by atoms with Crippen LogP contribution in [0, 0.1) is 0 Å². The number of ether oxygens (including phenoxy) is 2. The maximum Gasteiger partial charge on any atom is 0.414 e. The Morgan fingerprint density at radius 1 is 0.833 bits per heavy atom. The summed E-state index contributed by atoms with van der Waals surface area (Å²) in [5, 5.41) is 0. The SMILES string of the molecule is O=C1c2ccccc2C(=O)N1C[C@H]1CN(c2ccc(N3CCOCC3)cc2)C(=O)O1. The minimum Gasteiger partial charge on any atom is -0.442 e. The van der Waals surface area contributed by atoms with Crippen LogP contribution < -0.4 is 9.80 Å². The highest BCUT2D eigenvalue weighted by Gasteiger charge is 2.40. The van der Waals surface area contributed by atoms with Gasteiger partial charge in [-0.2, -0.15) is 0 Å². The number of hydrogen-bond donors (Lipinski definition) is 0. The molecule has 8 nitrogen and oxygen atoms in total. The molecule has 2 fully saturated rings. The van der Waals surface area contributed by atoms with E-state index in [0.717, 1.165) is 29.4 Å². The summed E-state index contributed by atoms with van der Waals surface area (Å²) in [6.07, 6.45) is -1.05. The Morgan fingerprint density at radius 2 is 1.43 bits per heavy atom. The molecule has 0 aromatic heterocycles. The molecule has 3 aliphatic rings. The van der Waals surface area contributed by atoms with Crippen LogP contribution in [-0.2, 0) is 9.47 Å². The molecule has 5 rings (SSSR count). The number of morpholine rings is 1. The molecule has 154 valence electrons. The topological polar surface area (TPSA) is 79.4 Å². The summed E-state index contributed by atoms with van der Waals surface area (Å²) in [6, 6.07) is 14.5. The predicted octanol–water partition coefficient (Wildman–Crippen LogP) is 2.14. The number of anilines is 2. The van der Waals surface area contributed by atoms with E-state index in [1.165, 1.54) is 4.90 Å². The minimum atomic E-state index is -0.571. The van der Waals surface area contributed by atoms with E-state index in [1.807, 2.05) is 24.3 Å². The molecule has 0 unspecified atom stereocenters. The first-order chi connectivity index (χ1) is 14.6. The molecule has 2 aromatic carbocycles. The van der Waals surface area contributed by atoms with E-state index < -0.39 is 12.2 Å². The van der Waals surface area contributed by atoms with Gasteiger partial charge in [0.2, 0.25) is 0 Å². The second kappa shape index (κ2) is 7.46. The average molecular weight is 407 g/mol.